The van der Waals surface area contributed by atoms with Crippen molar-refractivity contribution in [3.8, 4) is 0 Å². The summed E-state index contributed by atoms with van der Waals surface area (Å²) in [4.78, 5) is 9.65. The standard InChI is InChI=1S/C20H32N4O/c1-2-21-20(22-10-15-25-17-19-8-9-19)24-13-11-23(12-14-24)16-18-6-4-3-5-7-18/h3-7,19H,2,8-17H2,1H3,(H,21,22). The smallest absolute Gasteiger partial charge is 0.194 e. The fraction of sp³-hybridized carbons (Fsp3) is 0.650. The molecule has 5 nitrogen and oxygen atoms in total. The number of nitrogens with one attached hydrogen (secondary N) is 1. The van der Waals surface area contributed by atoms with E-state index in [0.717, 1.165) is 70.9 Å². The van der Waals surface area contributed by atoms with Gasteiger partial charge in [-0.15, -0.1) is 0 Å². The molecule has 0 bridgehead atoms. The third-order valence-electron chi connectivity index (χ3n) is 4.80. The molecular formula is C20H32N4O. The first kappa shape index (κ1) is 18.2. The number of guanidine groups is 1. The van der Waals surface area contributed by atoms with Crippen molar-refractivity contribution in [3.05, 3.63) is 35.9 Å². The summed E-state index contributed by atoms with van der Waals surface area (Å²) in [5.74, 6) is 1.87. The van der Waals surface area contributed by atoms with E-state index in [9.17, 15) is 0 Å². The van der Waals surface area contributed by atoms with E-state index in [2.05, 4.69) is 52.4 Å². The lowest BCUT2D eigenvalue weighted by atomic mass is 10.2. The molecule has 1 aromatic rings. The lowest BCUT2D eigenvalue weighted by Crippen LogP contribution is -2.52. The highest BCUT2D eigenvalue weighted by atomic mass is 16.5. The van der Waals surface area contributed by atoms with Crippen LogP contribution in [0.3, 0.4) is 0 Å². The van der Waals surface area contributed by atoms with E-state index in [1.54, 1.807) is 0 Å². The van der Waals surface area contributed by atoms with Crippen LogP contribution in [0.15, 0.2) is 35.3 Å². The number of ether oxygens (including phenoxy) is 1. The molecule has 1 N–H and O–H groups in total. The molecule has 0 atom stereocenters. The van der Waals surface area contributed by atoms with Crippen LogP contribution in [0, 0.1) is 5.92 Å². The Kier molecular flexibility index (Phi) is 7.12. The van der Waals surface area contributed by atoms with Gasteiger partial charge in [0, 0.05) is 45.9 Å². The molecule has 3 rings (SSSR count). The molecule has 0 unspecified atom stereocenters. The molecule has 1 saturated carbocycles. The van der Waals surface area contributed by atoms with Gasteiger partial charge in [0.25, 0.3) is 0 Å². The Bertz CT molecular complexity index is 522. The molecule has 1 saturated heterocycles. The van der Waals surface area contributed by atoms with E-state index in [-0.39, 0.29) is 0 Å². The third kappa shape index (κ3) is 6.33. The number of benzene rings is 1. The van der Waals surface area contributed by atoms with Gasteiger partial charge in [-0.1, -0.05) is 30.3 Å². The average Bonchev–Trinajstić information content (AvgIpc) is 3.47. The Hall–Kier alpha value is -1.59. The first-order valence-corrected chi connectivity index (χ1v) is 9.72. The van der Waals surface area contributed by atoms with Crippen molar-refractivity contribution in [2.75, 3.05) is 52.5 Å². The minimum absolute atomic E-state index is 0.735. The van der Waals surface area contributed by atoms with Gasteiger partial charge in [-0.05, 0) is 31.2 Å². The minimum atomic E-state index is 0.735. The van der Waals surface area contributed by atoms with Gasteiger partial charge in [0.2, 0.25) is 0 Å². The van der Waals surface area contributed by atoms with Gasteiger partial charge < -0.3 is 15.0 Å². The molecule has 5 heteroatoms. The van der Waals surface area contributed by atoms with Crippen LogP contribution in [0.25, 0.3) is 0 Å². The van der Waals surface area contributed by atoms with Crippen molar-refractivity contribution < 1.29 is 4.74 Å². The second-order valence-corrected chi connectivity index (χ2v) is 7.00. The molecule has 25 heavy (non-hydrogen) atoms. The van der Waals surface area contributed by atoms with Crippen molar-refractivity contribution in [1.82, 2.24) is 15.1 Å². The number of nitrogens with zero attached hydrogens (tertiary/aromatic N) is 3. The van der Waals surface area contributed by atoms with Gasteiger partial charge >= 0.3 is 0 Å². The van der Waals surface area contributed by atoms with Gasteiger partial charge in [0.1, 0.15) is 0 Å². The molecule has 1 aromatic carbocycles. The number of hydrogen-bond donors (Lipinski definition) is 1. The van der Waals surface area contributed by atoms with Crippen LogP contribution < -0.4 is 5.32 Å². The average molecular weight is 345 g/mol. The summed E-state index contributed by atoms with van der Waals surface area (Å²) in [5.41, 5.74) is 1.39. The summed E-state index contributed by atoms with van der Waals surface area (Å²) >= 11 is 0. The van der Waals surface area contributed by atoms with Gasteiger partial charge in [0.15, 0.2) is 5.96 Å². The molecule has 0 aromatic heterocycles. The van der Waals surface area contributed by atoms with Crippen LogP contribution in [0.2, 0.25) is 0 Å². The van der Waals surface area contributed by atoms with E-state index < -0.39 is 0 Å². The van der Waals surface area contributed by atoms with Crippen molar-refractivity contribution in [3.63, 3.8) is 0 Å². The second kappa shape index (κ2) is 9.78. The Balaban J connectivity index is 1.41. The summed E-state index contributed by atoms with van der Waals surface area (Å²) in [6.45, 7) is 10.7. The largest absolute Gasteiger partial charge is 0.379 e. The zero-order valence-corrected chi connectivity index (χ0v) is 15.5. The van der Waals surface area contributed by atoms with Gasteiger partial charge in [-0.2, -0.15) is 0 Å². The Labute approximate surface area is 152 Å². The van der Waals surface area contributed by atoms with E-state index in [4.69, 9.17) is 9.73 Å². The van der Waals surface area contributed by atoms with Crippen molar-refractivity contribution in [1.29, 1.82) is 0 Å². The molecule has 0 radical (unpaired) electrons. The lowest BCUT2D eigenvalue weighted by Gasteiger charge is -2.36. The van der Waals surface area contributed by atoms with Crippen LogP contribution in [-0.2, 0) is 11.3 Å². The zero-order chi connectivity index (χ0) is 17.3. The fourth-order valence-electron chi connectivity index (χ4n) is 3.14. The maximum absolute atomic E-state index is 5.70. The molecule has 0 amide bonds. The van der Waals surface area contributed by atoms with Crippen molar-refractivity contribution in [2.24, 2.45) is 10.9 Å². The Morgan fingerprint density at radius 3 is 2.60 bits per heavy atom. The molecule has 138 valence electrons. The SMILES string of the molecule is CCNC(=NCCOCC1CC1)N1CCN(Cc2ccccc2)CC1. The lowest BCUT2D eigenvalue weighted by molar-refractivity contribution is 0.131. The highest BCUT2D eigenvalue weighted by Crippen LogP contribution is 2.28. The van der Waals surface area contributed by atoms with Crippen LogP contribution in [0.4, 0.5) is 0 Å². The monoisotopic (exact) mass is 344 g/mol. The molecule has 2 fully saturated rings. The predicted molar refractivity (Wildman–Crippen MR) is 103 cm³/mol. The predicted octanol–water partition coefficient (Wildman–Crippen LogP) is 2.20. The van der Waals surface area contributed by atoms with Crippen molar-refractivity contribution in [2.45, 2.75) is 26.3 Å². The summed E-state index contributed by atoms with van der Waals surface area (Å²) < 4.78 is 5.70. The summed E-state index contributed by atoms with van der Waals surface area (Å²) in [6, 6.07) is 10.7. The second-order valence-electron chi connectivity index (χ2n) is 7.00. The first-order chi connectivity index (χ1) is 12.3. The van der Waals surface area contributed by atoms with Crippen molar-refractivity contribution >= 4 is 5.96 Å². The van der Waals surface area contributed by atoms with Gasteiger partial charge in [-0.3, -0.25) is 9.89 Å². The third-order valence-corrected chi connectivity index (χ3v) is 4.80. The first-order valence-electron chi connectivity index (χ1n) is 9.72. The normalized spacial score (nSPS) is 19.2. The van der Waals surface area contributed by atoms with E-state index in [1.807, 2.05) is 0 Å². The van der Waals surface area contributed by atoms with Crippen LogP contribution in [0.1, 0.15) is 25.3 Å². The van der Waals surface area contributed by atoms with Gasteiger partial charge in [0.05, 0.1) is 13.2 Å². The summed E-state index contributed by atoms with van der Waals surface area (Å²) in [5, 5.41) is 3.43. The molecule has 1 aliphatic heterocycles. The molecule has 0 spiro atoms. The van der Waals surface area contributed by atoms with Gasteiger partial charge in [-0.25, -0.2) is 0 Å². The Morgan fingerprint density at radius 1 is 1.16 bits per heavy atom. The highest BCUT2D eigenvalue weighted by molar-refractivity contribution is 5.80. The maximum atomic E-state index is 5.70. The molecular weight excluding hydrogens is 312 g/mol. The minimum Gasteiger partial charge on any atom is -0.379 e. The zero-order valence-electron chi connectivity index (χ0n) is 15.5. The highest BCUT2D eigenvalue weighted by Gasteiger charge is 2.21. The number of aliphatic imine (C=N–C) groups is 1. The maximum Gasteiger partial charge on any atom is 0.194 e. The quantitative estimate of drug-likeness (QED) is 0.446. The molecule has 1 aliphatic carbocycles. The Morgan fingerprint density at radius 2 is 1.92 bits per heavy atom. The molecule has 1 heterocycles. The number of hydrogen-bond acceptors (Lipinski definition) is 3. The topological polar surface area (TPSA) is 40.1 Å². The van der Waals surface area contributed by atoms with Crippen LogP contribution in [-0.4, -0.2) is 68.2 Å². The van der Waals surface area contributed by atoms with E-state index in [1.165, 1.54) is 18.4 Å². The fourth-order valence-corrected chi connectivity index (χ4v) is 3.14. The van der Waals surface area contributed by atoms with Crippen LogP contribution >= 0.6 is 0 Å². The van der Waals surface area contributed by atoms with E-state index in [0.29, 0.717) is 0 Å². The molecule has 2 aliphatic rings. The summed E-state index contributed by atoms with van der Waals surface area (Å²) in [6.07, 6.45) is 2.69. The number of piperazine rings is 1. The number of rotatable bonds is 8. The van der Waals surface area contributed by atoms with Crippen LogP contribution in [0.5, 0.6) is 0 Å². The summed E-state index contributed by atoms with van der Waals surface area (Å²) in [7, 11) is 0. The van der Waals surface area contributed by atoms with E-state index >= 15 is 0 Å².